The Morgan fingerprint density at radius 2 is 1.53 bits per heavy atom. The van der Waals surface area contributed by atoms with Crippen LogP contribution in [0.5, 0.6) is 0 Å². The molecule has 1 heterocycles. The van der Waals surface area contributed by atoms with Gasteiger partial charge < -0.3 is 0 Å². The van der Waals surface area contributed by atoms with Crippen LogP contribution in [0.25, 0.3) is 0 Å². The maximum Gasteiger partial charge on any atom is 0.0681 e. The average Bonchev–Trinajstić information content (AvgIpc) is 2.30. The molecule has 0 radical (unpaired) electrons. The Kier molecular flexibility index (Phi) is 3.59. The molecule has 1 nitrogen and oxygen atoms in total. The number of nitrogens with zero attached hydrogens (tertiary/aromatic N) is 1. The third kappa shape index (κ3) is 2.92. The van der Waals surface area contributed by atoms with E-state index in [1.807, 2.05) is 12.3 Å². The minimum absolute atomic E-state index is 0.227. The van der Waals surface area contributed by atoms with E-state index in [1.165, 1.54) is 10.7 Å². The molecule has 0 aliphatic heterocycles. The van der Waals surface area contributed by atoms with Crippen molar-refractivity contribution in [2.75, 3.05) is 0 Å². The van der Waals surface area contributed by atoms with Gasteiger partial charge in [-0.3, -0.25) is 4.98 Å². The summed E-state index contributed by atoms with van der Waals surface area (Å²) < 4.78 is 0. The van der Waals surface area contributed by atoms with Crippen LogP contribution in [0.4, 0.5) is 0 Å². The van der Waals surface area contributed by atoms with Crippen molar-refractivity contribution < 1.29 is 0 Å². The highest BCUT2D eigenvalue weighted by atomic mass is 31.1. The molecule has 0 fully saturated rings. The van der Waals surface area contributed by atoms with Crippen molar-refractivity contribution in [3.63, 3.8) is 0 Å². The van der Waals surface area contributed by atoms with Crippen molar-refractivity contribution in [2.45, 2.75) is 25.9 Å². The van der Waals surface area contributed by atoms with Gasteiger partial charge in [-0.25, -0.2) is 0 Å². The van der Waals surface area contributed by atoms with Crippen LogP contribution in [-0.2, 0) is 0 Å². The summed E-state index contributed by atoms with van der Waals surface area (Å²) in [5.41, 5.74) is 1.21. The molecule has 0 saturated heterocycles. The molecule has 0 bridgehead atoms. The third-order valence-corrected chi connectivity index (χ3v) is 5.44. The van der Waals surface area contributed by atoms with Crippen LogP contribution in [-0.4, -0.2) is 10.1 Å². The van der Waals surface area contributed by atoms with Gasteiger partial charge in [-0.15, -0.1) is 0 Å². The van der Waals surface area contributed by atoms with Crippen molar-refractivity contribution in [1.29, 1.82) is 0 Å². The van der Waals surface area contributed by atoms with E-state index in [1.54, 1.807) is 0 Å². The van der Waals surface area contributed by atoms with Gasteiger partial charge in [0, 0.05) is 6.20 Å². The molecule has 1 atom stereocenters. The van der Waals surface area contributed by atoms with Gasteiger partial charge in [-0.05, 0) is 30.5 Å². The van der Waals surface area contributed by atoms with E-state index in [9.17, 15) is 0 Å². The van der Waals surface area contributed by atoms with Gasteiger partial charge in [0.2, 0.25) is 0 Å². The molecular formula is C15H18NP. The fourth-order valence-corrected chi connectivity index (χ4v) is 4.54. The van der Waals surface area contributed by atoms with Crippen LogP contribution in [0.2, 0.25) is 0 Å². The molecule has 1 aromatic heterocycles. The summed E-state index contributed by atoms with van der Waals surface area (Å²) in [6, 6.07) is 16.9. The van der Waals surface area contributed by atoms with E-state index in [2.05, 4.69) is 68.2 Å². The second-order valence-electron chi connectivity index (χ2n) is 5.03. The van der Waals surface area contributed by atoms with Gasteiger partial charge in [0.25, 0.3) is 0 Å². The second kappa shape index (κ2) is 4.98. The molecule has 0 aliphatic carbocycles. The molecule has 1 unspecified atom stereocenters. The molecule has 2 rings (SSSR count). The lowest BCUT2D eigenvalue weighted by Crippen LogP contribution is -2.27. The lowest BCUT2D eigenvalue weighted by Gasteiger charge is -2.31. The average molecular weight is 243 g/mol. The first-order valence-corrected chi connectivity index (χ1v) is 7.19. The van der Waals surface area contributed by atoms with Gasteiger partial charge in [0.05, 0.1) is 5.44 Å². The van der Waals surface area contributed by atoms with Crippen molar-refractivity contribution in [3.05, 3.63) is 54.7 Å². The van der Waals surface area contributed by atoms with E-state index in [0.717, 1.165) is 0 Å². The fourth-order valence-electron chi connectivity index (χ4n) is 1.93. The molecule has 0 N–H and O–H groups in total. The number of aromatic nitrogens is 1. The zero-order chi connectivity index (χ0) is 12.3. The number of rotatable bonds is 2. The minimum Gasteiger partial charge on any atom is -0.256 e. The molecule has 2 heteroatoms. The Morgan fingerprint density at radius 3 is 2.06 bits per heavy atom. The van der Waals surface area contributed by atoms with Gasteiger partial charge in [-0.2, -0.15) is 0 Å². The SMILES string of the molecule is CC(C)(C)P(c1ccccc1)c1ccccn1. The summed E-state index contributed by atoms with van der Waals surface area (Å²) in [6.45, 7) is 6.88. The zero-order valence-corrected chi connectivity index (χ0v) is 11.5. The Labute approximate surface area is 105 Å². The largest absolute Gasteiger partial charge is 0.256 e. The number of hydrogen-bond acceptors (Lipinski definition) is 1. The Bertz CT molecular complexity index is 420. The second-order valence-corrected chi connectivity index (χ2v) is 8.02. The number of benzene rings is 1. The highest BCUT2D eigenvalue weighted by Crippen LogP contribution is 2.46. The predicted molar refractivity (Wildman–Crippen MR) is 76.6 cm³/mol. The van der Waals surface area contributed by atoms with Crippen LogP contribution in [0.3, 0.4) is 0 Å². The monoisotopic (exact) mass is 243 g/mol. The molecular weight excluding hydrogens is 225 g/mol. The standard InChI is InChI=1S/C15H18NP/c1-15(2,3)17(13-9-5-4-6-10-13)14-11-7-8-12-16-14/h4-12H,1-3H3. The smallest absolute Gasteiger partial charge is 0.0681 e. The maximum absolute atomic E-state index is 4.55. The summed E-state index contributed by atoms with van der Waals surface area (Å²) in [5, 5.41) is 1.62. The molecule has 2 aromatic rings. The van der Waals surface area contributed by atoms with Crippen LogP contribution >= 0.6 is 7.92 Å². The topological polar surface area (TPSA) is 12.9 Å². The summed E-state index contributed by atoms with van der Waals surface area (Å²) in [4.78, 5) is 4.55. The van der Waals surface area contributed by atoms with Crippen molar-refractivity contribution in [3.8, 4) is 0 Å². The summed E-state index contributed by atoms with van der Waals surface area (Å²) in [5.74, 6) is 0. The molecule has 88 valence electrons. The normalized spacial score (nSPS) is 13.4. The Balaban J connectivity index is 2.48. The van der Waals surface area contributed by atoms with E-state index in [4.69, 9.17) is 0 Å². The number of hydrogen-bond donors (Lipinski definition) is 0. The molecule has 0 amide bonds. The van der Waals surface area contributed by atoms with Gasteiger partial charge >= 0.3 is 0 Å². The van der Waals surface area contributed by atoms with Crippen LogP contribution < -0.4 is 10.7 Å². The van der Waals surface area contributed by atoms with E-state index >= 15 is 0 Å². The fraction of sp³-hybridized carbons (Fsp3) is 0.267. The van der Waals surface area contributed by atoms with Crippen LogP contribution in [0.15, 0.2) is 54.7 Å². The molecule has 1 aromatic carbocycles. The quantitative estimate of drug-likeness (QED) is 0.737. The summed E-state index contributed by atoms with van der Waals surface area (Å²) >= 11 is 0. The zero-order valence-electron chi connectivity index (χ0n) is 10.6. The number of pyridine rings is 1. The van der Waals surface area contributed by atoms with Crippen LogP contribution in [0, 0.1) is 0 Å². The highest BCUT2D eigenvalue weighted by molar-refractivity contribution is 7.74. The maximum atomic E-state index is 4.55. The molecule has 0 saturated carbocycles. The highest BCUT2D eigenvalue weighted by Gasteiger charge is 2.28. The summed E-state index contributed by atoms with van der Waals surface area (Å²) in [6.07, 6.45) is 1.89. The van der Waals surface area contributed by atoms with E-state index < -0.39 is 7.92 Å². The lowest BCUT2D eigenvalue weighted by atomic mass is 10.3. The van der Waals surface area contributed by atoms with Crippen molar-refractivity contribution in [2.24, 2.45) is 0 Å². The minimum atomic E-state index is -0.403. The predicted octanol–water partition coefficient (Wildman–Crippen LogP) is 3.31. The molecule has 17 heavy (non-hydrogen) atoms. The Hall–Kier alpha value is -1.20. The van der Waals surface area contributed by atoms with E-state index in [-0.39, 0.29) is 5.16 Å². The van der Waals surface area contributed by atoms with E-state index in [0.29, 0.717) is 0 Å². The Morgan fingerprint density at radius 1 is 0.882 bits per heavy atom. The van der Waals surface area contributed by atoms with Crippen molar-refractivity contribution in [1.82, 2.24) is 4.98 Å². The van der Waals surface area contributed by atoms with Gasteiger partial charge in [-0.1, -0.05) is 57.2 Å². The first-order valence-electron chi connectivity index (χ1n) is 5.85. The third-order valence-electron chi connectivity index (χ3n) is 2.56. The molecule has 0 spiro atoms. The van der Waals surface area contributed by atoms with Crippen LogP contribution in [0.1, 0.15) is 20.8 Å². The first-order chi connectivity index (χ1) is 8.09. The van der Waals surface area contributed by atoms with Gasteiger partial charge in [0.15, 0.2) is 0 Å². The molecule has 0 aliphatic rings. The van der Waals surface area contributed by atoms with Crippen molar-refractivity contribution >= 4 is 18.7 Å². The lowest BCUT2D eigenvalue weighted by molar-refractivity contribution is 0.792. The summed E-state index contributed by atoms with van der Waals surface area (Å²) in [7, 11) is -0.403. The van der Waals surface area contributed by atoms with Gasteiger partial charge in [0.1, 0.15) is 0 Å². The first kappa shape index (κ1) is 12.3.